The third-order valence-corrected chi connectivity index (χ3v) is 4.58. The highest BCUT2D eigenvalue weighted by atomic mass is 32.2. The molecule has 0 aliphatic carbocycles. The number of hydrogen-bond acceptors (Lipinski definition) is 7. The Kier molecular flexibility index (Phi) is 8.39. The highest BCUT2D eigenvalue weighted by Gasteiger charge is 2.23. The first-order valence-corrected chi connectivity index (χ1v) is 8.97. The summed E-state index contributed by atoms with van der Waals surface area (Å²) in [6, 6.07) is 2.93. The lowest BCUT2D eigenvalue weighted by Crippen LogP contribution is -2.28. The molecule has 1 aromatic carbocycles. The molecular weight excluding hydrogens is 350 g/mol. The van der Waals surface area contributed by atoms with Crippen molar-refractivity contribution in [3.8, 4) is 11.5 Å². The van der Waals surface area contributed by atoms with E-state index in [2.05, 4.69) is 9.46 Å². The van der Waals surface area contributed by atoms with Crippen LogP contribution in [0.5, 0.6) is 11.5 Å². The molecule has 0 unspecified atom stereocenters. The first-order valence-electron chi connectivity index (χ1n) is 7.49. The average Bonchev–Trinajstić information content (AvgIpc) is 2.62. The molecule has 0 radical (unpaired) electrons. The van der Waals surface area contributed by atoms with E-state index < -0.39 is 16.0 Å². The van der Waals surface area contributed by atoms with Crippen LogP contribution in [0.3, 0.4) is 0 Å². The summed E-state index contributed by atoms with van der Waals surface area (Å²) in [5.74, 6) is -0.268. The molecule has 0 aromatic heterocycles. The van der Waals surface area contributed by atoms with Crippen LogP contribution in [-0.2, 0) is 24.3 Å². The summed E-state index contributed by atoms with van der Waals surface area (Å²) in [5.41, 5.74) is 0.438. The van der Waals surface area contributed by atoms with Crippen LogP contribution in [0.15, 0.2) is 23.1 Å². The molecule has 1 aromatic rings. The van der Waals surface area contributed by atoms with Gasteiger partial charge in [-0.3, -0.25) is 0 Å². The van der Waals surface area contributed by atoms with Crippen LogP contribution in [0.4, 0.5) is 0 Å². The summed E-state index contributed by atoms with van der Waals surface area (Å²) in [7, 11) is 0.123. The highest BCUT2D eigenvalue weighted by Crippen LogP contribution is 2.35. The standard InChI is InChI=1S/C16H23NO7S/c1-5-24-9-8-17-25(19,20)14-11-12(6-7-15(18)22-3)10-13(21-2)16(14)23-4/h6-7,10-11,17H,5,8-9H2,1-4H3/b7-6+. The third kappa shape index (κ3) is 6.04. The van der Waals surface area contributed by atoms with Crippen LogP contribution >= 0.6 is 0 Å². The van der Waals surface area contributed by atoms with Crippen LogP contribution < -0.4 is 14.2 Å². The highest BCUT2D eigenvalue weighted by molar-refractivity contribution is 7.89. The van der Waals surface area contributed by atoms with Crippen LogP contribution in [0.25, 0.3) is 6.08 Å². The van der Waals surface area contributed by atoms with E-state index in [1.54, 1.807) is 6.07 Å². The smallest absolute Gasteiger partial charge is 0.330 e. The molecule has 0 spiro atoms. The number of nitrogens with one attached hydrogen (secondary N) is 1. The fourth-order valence-electron chi connectivity index (χ4n) is 1.95. The van der Waals surface area contributed by atoms with Gasteiger partial charge < -0.3 is 18.9 Å². The van der Waals surface area contributed by atoms with Gasteiger partial charge in [-0.2, -0.15) is 0 Å². The van der Waals surface area contributed by atoms with Crippen LogP contribution in [0.2, 0.25) is 0 Å². The van der Waals surface area contributed by atoms with Crippen molar-refractivity contribution in [3.05, 3.63) is 23.8 Å². The summed E-state index contributed by atoms with van der Waals surface area (Å²) in [6.07, 6.45) is 2.60. The zero-order valence-electron chi connectivity index (χ0n) is 14.7. The van der Waals surface area contributed by atoms with Crippen molar-refractivity contribution in [1.82, 2.24) is 4.72 Å². The van der Waals surface area contributed by atoms with Crippen molar-refractivity contribution < 1.29 is 32.2 Å². The fourth-order valence-corrected chi connectivity index (χ4v) is 3.17. The molecule has 0 fully saturated rings. The maximum Gasteiger partial charge on any atom is 0.330 e. The molecule has 0 saturated heterocycles. The molecule has 8 nitrogen and oxygen atoms in total. The summed E-state index contributed by atoms with van der Waals surface area (Å²) in [5, 5.41) is 0. The summed E-state index contributed by atoms with van der Waals surface area (Å²) in [4.78, 5) is 11.1. The molecule has 0 atom stereocenters. The SMILES string of the molecule is CCOCCNS(=O)(=O)c1cc(/C=C/C(=O)OC)cc(OC)c1OC. The second kappa shape index (κ2) is 10.0. The van der Waals surface area contributed by atoms with E-state index in [1.165, 1.54) is 39.5 Å². The molecule has 140 valence electrons. The van der Waals surface area contributed by atoms with Gasteiger partial charge in [0.05, 0.1) is 27.9 Å². The third-order valence-electron chi connectivity index (χ3n) is 3.11. The maximum absolute atomic E-state index is 12.6. The molecule has 0 amide bonds. The Bertz CT molecular complexity index is 713. The van der Waals surface area contributed by atoms with E-state index in [4.69, 9.17) is 14.2 Å². The van der Waals surface area contributed by atoms with Gasteiger partial charge in [-0.15, -0.1) is 0 Å². The molecule has 0 aliphatic heterocycles. The second-order valence-electron chi connectivity index (χ2n) is 4.71. The Hall–Kier alpha value is -2.10. The van der Waals surface area contributed by atoms with Gasteiger partial charge in [0.2, 0.25) is 10.0 Å². The minimum atomic E-state index is -3.87. The fraction of sp³-hybridized carbons (Fsp3) is 0.438. The van der Waals surface area contributed by atoms with Gasteiger partial charge in [0, 0.05) is 19.2 Å². The lowest BCUT2D eigenvalue weighted by molar-refractivity contribution is -0.134. The number of esters is 1. The van der Waals surface area contributed by atoms with E-state index in [0.29, 0.717) is 12.2 Å². The van der Waals surface area contributed by atoms with E-state index in [9.17, 15) is 13.2 Å². The molecule has 25 heavy (non-hydrogen) atoms. The minimum Gasteiger partial charge on any atom is -0.493 e. The Balaban J connectivity index is 3.26. The number of rotatable bonds is 10. The Morgan fingerprint density at radius 2 is 1.92 bits per heavy atom. The first kappa shape index (κ1) is 20.9. The Labute approximate surface area is 147 Å². The van der Waals surface area contributed by atoms with Gasteiger partial charge in [-0.05, 0) is 30.7 Å². The summed E-state index contributed by atoms with van der Waals surface area (Å²) < 4.78 is 47.6. The van der Waals surface area contributed by atoms with E-state index in [1.807, 2.05) is 6.92 Å². The molecule has 0 bridgehead atoms. The largest absolute Gasteiger partial charge is 0.493 e. The first-order chi connectivity index (χ1) is 11.9. The topological polar surface area (TPSA) is 100 Å². The number of carbonyl (C=O) groups is 1. The Morgan fingerprint density at radius 1 is 1.20 bits per heavy atom. The quantitative estimate of drug-likeness (QED) is 0.374. The molecule has 0 aliphatic rings. The Morgan fingerprint density at radius 3 is 2.48 bits per heavy atom. The van der Waals surface area contributed by atoms with Crippen molar-refractivity contribution in [2.75, 3.05) is 41.1 Å². The number of benzene rings is 1. The average molecular weight is 373 g/mol. The van der Waals surface area contributed by atoms with Gasteiger partial charge in [-0.25, -0.2) is 17.9 Å². The normalized spacial score (nSPS) is 11.5. The van der Waals surface area contributed by atoms with Gasteiger partial charge in [0.1, 0.15) is 4.90 Å². The second-order valence-corrected chi connectivity index (χ2v) is 6.44. The number of carbonyl (C=O) groups excluding carboxylic acids is 1. The number of sulfonamides is 1. The zero-order chi connectivity index (χ0) is 18.9. The van der Waals surface area contributed by atoms with Gasteiger partial charge >= 0.3 is 5.97 Å². The van der Waals surface area contributed by atoms with Crippen molar-refractivity contribution in [1.29, 1.82) is 0 Å². The predicted octanol–water partition coefficient (Wildman–Crippen LogP) is 1.20. The van der Waals surface area contributed by atoms with Crippen molar-refractivity contribution in [2.24, 2.45) is 0 Å². The predicted molar refractivity (Wildman–Crippen MR) is 92.3 cm³/mol. The van der Waals surface area contributed by atoms with E-state index in [0.717, 1.165) is 0 Å². The van der Waals surface area contributed by atoms with Crippen molar-refractivity contribution in [2.45, 2.75) is 11.8 Å². The van der Waals surface area contributed by atoms with E-state index in [-0.39, 0.29) is 29.5 Å². The molecule has 0 saturated carbocycles. The lowest BCUT2D eigenvalue weighted by atomic mass is 10.2. The van der Waals surface area contributed by atoms with Crippen LogP contribution in [0.1, 0.15) is 12.5 Å². The summed E-state index contributed by atoms with van der Waals surface area (Å²) >= 11 is 0. The van der Waals surface area contributed by atoms with Gasteiger partial charge in [0.25, 0.3) is 0 Å². The van der Waals surface area contributed by atoms with Crippen molar-refractivity contribution >= 4 is 22.1 Å². The molecule has 1 rings (SSSR count). The molecule has 1 N–H and O–H groups in total. The maximum atomic E-state index is 12.6. The number of hydrogen-bond donors (Lipinski definition) is 1. The monoisotopic (exact) mass is 373 g/mol. The van der Waals surface area contributed by atoms with Gasteiger partial charge in [0.15, 0.2) is 11.5 Å². The number of ether oxygens (including phenoxy) is 4. The zero-order valence-corrected chi connectivity index (χ0v) is 15.5. The van der Waals surface area contributed by atoms with E-state index >= 15 is 0 Å². The van der Waals surface area contributed by atoms with Crippen molar-refractivity contribution in [3.63, 3.8) is 0 Å². The molecule has 0 heterocycles. The minimum absolute atomic E-state index is 0.0710. The van der Waals surface area contributed by atoms with Gasteiger partial charge in [-0.1, -0.05) is 0 Å². The summed E-state index contributed by atoms with van der Waals surface area (Å²) in [6.45, 7) is 2.67. The van der Waals surface area contributed by atoms with Crippen LogP contribution in [-0.4, -0.2) is 55.5 Å². The number of methoxy groups -OCH3 is 3. The lowest BCUT2D eigenvalue weighted by Gasteiger charge is -2.15. The molecule has 9 heteroatoms. The van der Waals surface area contributed by atoms with Crippen LogP contribution in [0, 0.1) is 0 Å². The molecular formula is C16H23NO7S.